The standard InChI is InChI=1S/C13H18N4O2/c1-3-10(8-18)14-13(19)9-5-6-12-16-15-11(4-2)17(12)7-9/h5-7,10,18H,3-4,8H2,1-2H3,(H,14,19)/t10-/m1/s1. The molecule has 1 amide bonds. The molecule has 0 aliphatic heterocycles. The van der Waals surface area contributed by atoms with Crippen molar-refractivity contribution < 1.29 is 9.90 Å². The fourth-order valence-corrected chi connectivity index (χ4v) is 1.86. The highest BCUT2D eigenvalue weighted by Gasteiger charge is 2.13. The van der Waals surface area contributed by atoms with Gasteiger partial charge in [-0.15, -0.1) is 10.2 Å². The second-order valence-corrected chi connectivity index (χ2v) is 4.38. The minimum atomic E-state index is -0.213. The second kappa shape index (κ2) is 5.79. The van der Waals surface area contributed by atoms with E-state index in [4.69, 9.17) is 5.11 Å². The van der Waals surface area contributed by atoms with E-state index < -0.39 is 0 Å². The summed E-state index contributed by atoms with van der Waals surface area (Å²) in [5, 5.41) is 20.0. The summed E-state index contributed by atoms with van der Waals surface area (Å²) in [6.45, 7) is 3.85. The van der Waals surface area contributed by atoms with Gasteiger partial charge in [-0.25, -0.2) is 0 Å². The lowest BCUT2D eigenvalue weighted by Crippen LogP contribution is -2.37. The fourth-order valence-electron chi connectivity index (χ4n) is 1.86. The Kier molecular flexibility index (Phi) is 4.11. The number of carbonyl (C=O) groups is 1. The van der Waals surface area contributed by atoms with Gasteiger partial charge < -0.3 is 10.4 Å². The zero-order chi connectivity index (χ0) is 13.8. The summed E-state index contributed by atoms with van der Waals surface area (Å²) in [6, 6.07) is 3.26. The third kappa shape index (κ3) is 2.73. The Balaban J connectivity index is 2.27. The quantitative estimate of drug-likeness (QED) is 0.835. The Morgan fingerprint density at radius 2 is 2.21 bits per heavy atom. The molecular weight excluding hydrogens is 244 g/mol. The van der Waals surface area contributed by atoms with Gasteiger partial charge in [-0.1, -0.05) is 13.8 Å². The van der Waals surface area contributed by atoms with Crippen molar-refractivity contribution in [2.45, 2.75) is 32.7 Å². The number of nitrogens with one attached hydrogen (secondary N) is 1. The Hall–Kier alpha value is -1.95. The van der Waals surface area contributed by atoms with Crippen LogP contribution in [0, 0.1) is 0 Å². The normalized spacial score (nSPS) is 12.6. The molecule has 19 heavy (non-hydrogen) atoms. The summed E-state index contributed by atoms with van der Waals surface area (Å²) in [7, 11) is 0. The van der Waals surface area contributed by atoms with Crippen LogP contribution in [0.5, 0.6) is 0 Å². The summed E-state index contributed by atoms with van der Waals surface area (Å²) in [4.78, 5) is 12.1. The zero-order valence-electron chi connectivity index (χ0n) is 11.1. The molecule has 0 saturated carbocycles. The molecule has 1 atom stereocenters. The monoisotopic (exact) mass is 262 g/mol. The number of hydrogen-bond donors (Lipinski definition) is 2. The Bertz CT molecular complexity index is 575. The molecule has 0 radical (unpaired) electrons. The molecule has 0 bridgehead atoms. The molecule has 0 fully saturated rings. The minimum absolute atomic E-state index is 0.0582. The van der Waals surface area contributed by atoms with Crippen molar-refractivity contribution in [2.24, 2.45) is 0 Å². The fraction of sp³-hybridized carbons (Fsp3) is 0.462. The van der Waals surface area contributed by atoms with E-state index in [1.807, 2.05) is 18.2 Å². The number of carbonyl (C=O) groups excluding carboxylic acids is 1. The molecule has 0 aliphatic carbocycles. The molecule has 0 aliphatic rings. The van der Waals surface area contributed by atoms with Crippen LogP contribution in [0.4, 0.5) is 0 Å². The van der Waals surface area contributed by atoms with Crippen molar-refractivity contribution in [1.82, 2.24) is 19.9 Å². The number of aromatic nitrogens is 3. The summed E-state index contributed by atoms with van der Waals surface area (Å²) in [5.41, 5.74) is 1.26. The third-order valence-corrected chi connectivity index (χ3v) is 3.10. The molecule has 2 aromatic heterocycles. The molecule has 0 aromatic carbocycles. The number of rotatable bonds is 5. The number of pyridine rings is 1. The first-order chi connectivity index (χ1) is 9.19. The smallest absolute Gasteiger partial charge is 0.253 e. The van der Waals surface area contributed by atoms with Crippen LogP contribution in [0.25, 0.3) is 5.65 Å². The van der Waals surface area contributed by atoms with Crippen LogP contribution in [0.3, 0.4) is 0 Å². The van der Waals surface area contributed by atoms with E-state index in [1.165, 1.54) is 0 Å². The van der Waals surface area contributed by atoms with Gasteiger partial charge in [-0.2, -0.15) is 0 Å². The van der Waals surface area contributed by atoms with Crippen molar-refractivity contribution in [3.05, 3.63) is 29.7 Å². The van der Waals surface area contributed by atoms with Crippen LogP contribution < -0.4 is 5.32 Å². The first-order valence-electron chi connectivity index (χ1n) is 6.45. The van der Waals surface area contributed by atoms with Gasteiger partial charge in [0, 0.05) is 12.6 Å². The first-order valence-corrected chi connectivity index (χ1v) is 6.45. The third-order valence-electron chi connectivity index (χ3n) is 3.10. The van der Waals surface area contributed by atoms with Gasteiger partial charge in [0.1, 0.15) is 5.82 Å². The van der Waals surface area contributed by atoms with E-state index >= 15 is 0 Å². The van der Waals surface area contributed by atoms with Gasteiger partial charge in [-0.3, -0.25) is 9.20 Å². The van der Waals surface area contributed by atoms with Crippen molar-refractivity contribution >= 4 is 11.6 Å². The van der Waals surface area contributed by atoms with Crippen molar-refractivity contribution in [2.75, 3.05) is 6.61 Å². The molecule has 0 unspecified atom stereocenters. The second-order valence-electron chi connectivity index (χ2n) is 4.38. The molecule has 0 saturated heterocycles. The largest absolute Gasteiger partial charge is 0.394 e. The van der Waals surface area contributed by atoms with Gasteiger partial charge >= 0.3 is 0 Å². The summed E-state index contributed by atoms with van der Waals surface area (Å²) < 4.78 is 1.81. The SMILES string of the molecule is CCc1nnc2ccc(C(=O)N[C@H](CC)CO)cn12. The molecule has 2 aromatic rings. The van der Waals surface area contributed by atoms with E-state index in [9.17, 15) is 4.79 Å². The Morgan fingerprint density at radius 3 is 2.84 bits per heavy atom. The topological polar surface area (TPSA) is 79.5 Å². The highest BCUT2D eigenvalue weighted by atomic mass is 16.3. The first kappa shape index (κ1) is 13.5. The molecule has 2 heterocycles. The summed E-state index contributed by atoms with van der Waals surface area (Å²) in [5.74, 6) is 0.623. The van der Waals surface area contributed by atoms with E-state index in [2.05, 4.69) is 15.5 Å². The molecule has 6 heteroatoms. The van der Waals surface area contributed by atoms with Crippen LogP contribution in [0.1, 0.15) is 36.5 Å². The predicted molar refractivity (Wildman–Crippen MR) is 71.0 cm³/mol. The Morgan fingerprint density at radius 1 is 1.42 bits per heavy atom. The Labute approximate surface area is 111 Å². The minimum Gasteiger partial charge on any atom is -0.394 e. The van der Waals surface area contributed by atoms with E-state index in [0.717, 1.165) is 17.9 Å². The lowest BCUT2D eigenvalue weighted by molar-refractivity contribution is 0.0914. The average molecular weight is 262 g/mol. The number of nitrogens with zero attached hydrogens (tertiary/aromatic N) is 3. The van der Waals surface area contributed by atoms with Gasteiger partial charge in [0.15, 0.2) is 5.65 Å². The van der Waals surface area contributed by atoms with Crippen molar-refractivity contribution in [1.29, 1.82) is 0 Å². The molecule has 2 N–H and O–H groups in total. The highest BCUT2D eigenvalue weighted by Crippen LogP contribution is 2.08. The number of aryl methyl sites for hydroxylation is 1. The lowest BCUT2D eigenvalue weighted by atomic mass is 10.2. The van der Waals surface area contributed by atoms with Gasteiger partial charge in [0.2, 0.25) is 0 Å². The van der Waals surface area contributed by atoms with E-state index in [1.54, 1.807) is 18.3 Å². The maximum absolute atomic E-state index is 12.1. The van der Waals surface area contributed by atoms with Crippen LogP contribution in [0.2, 0.25) is 0 Å². The van der Waals surface area contributed by atoms with E-state index in [-0.39, 0.29) is 18.6 Å². The van der Waals surface area contributed by atoms with Crippen LogP contribution in [-0.4, -0.2) is 38.3 Å². The molecular formula is C13H18N4O2. The van der Waals surface area contributed by atoms with Crippen molar-refractivity contribution in [3.8, 4) is 0 Å². The number of aliphatic hydroxyl groups excluding tert-OH is 1. The average Bonchev–Trinajstić information content (AvgIpc) is 2.86. The van der Waals surface area contributed by atoms with Gasteiger partial charge in [0.05, 0.1) is 18.2 Å². The maximum Gasteiger partial charge on any atom is 0.253 e. The van der Waals surface area contributed by atoms with Gasteiger partial charge in [0.25, 0.3) is 5.91 Å². The van der Waals surface area contributed by atoms with Crippen LogP contribution in [-0.2, 0) is 6.42 Å². The summed E-state index contributed by atoms with van der Waals surface area (Å²) >= 11 is 0. The molecule has 6 nitrogen and oxygen atoms in total. The molecule has 102 valence electrons. The predicted octanol–water partition coefficient (Wildman–Crippen LogP) is 0.792. The maximum atomic E-state index is 12.1. The van der Waals surface area contributed by atoms with Gasteiger partial charge in [-0.05, 0) is 18.6 Å². The number of hydrogen-bond acceptors (Lipinski definition) is 4. The molecule has 2 rings (SSSR count). The highest BCUT2D eigenvalue weighted by molar-refractivity contribution is 5.94. The van der Waals surface area contributed by atoms with E-state index in [0.29, 0.717) is 12.0 Å². The lowest BCUT2D eigenvalue weighted by Gasteiger charge is -2.14. The molecule has 0 spiro atoms. The zero-order valence-corrected chi connectivity index (χ0v) is 11.1. The van der Waals surface area contributed by atoms with Crippen LogP contribution in [0.15, 0.2) is 18.3 Å². The summed E-state index contributed by atoms with van der Waals surface area (Å²) in [6.07, 6.45) is 3.17. The number of fused-ring (bicyclic) bond motifs is 1. The number of aliphatic hydroxyl groups is 1. The number of amides is 1. The van der Waals surface area contributed by atoms with Crippen molar-refractivity contribution in [3.63, 3.8) is 0 Å². The van der Waals surface area contributed by atoms with Crippen LogP contribution >= 0.6 is 0 Å².